The van der Waals surface area contributed by atoms with Crippen molar-refractivity contribution in [3.05, 3.63) is 47.8 Å². The standard InChI is InChI=1S/C17H21N3O3/c1-11(2)8-15(17(22)23)19-16(21)13-4-6-14(7-5-13)20-10-12(3)9-18-20/h4-7,9-11,15H,8H2,1-3H3,(H,19,21)(H,22,23). The smallest absolute Gasteiger partial charge is 0.326 e. The van der Waals surface area contributed by atoms with Crippen LogP contribution in [0.1, 0.15) is 36.2 Å². The number of hydrogen-bond acceptors (Lipinski definition) is 3. The minimum atomic E-state index is -1.02. The molecule has 1 aromatic heterocycles. The summed E-state index contributed by atoms with van der Waals surface area (Å²) in [6.45, 7) is 5.79. The highest BCUT2D eigenvalue weighted by molar-refractivity contribution is 5.96. The molecule has 1 unspecified atom stereocenters. The average molecular weight is 315 g/mol. The van der Waals surface area contributed by atoms with Crippen molar-refractivity contribution in [1.29, 1.82) is 0 Å². The Kier molecular flexibility index (Phi) is 5.16. The minimum Gasteiger partial charge on any atom is -0.480 e. The number of rotatable bonds is 6. The summed E-state index contributed by atoms with van der Waals surface area (Å²) in [6, 6.07) is 6.00. The molecule has 0 fully saturated rings. The number of aromatic nitrogens is 2. The van der Waals surface area contributed by atoms with Crippen molar-refractivity contribution in [2.24, 2.45) is 5.92 Å². The van der Waals surface area contributed by atoms with Crippen molar-refractivity contribution in [3.8, 4) is 5.69 Å². The first-order chi connectivity index (χ1) is 10.9. The number of carbonyl (C=O) groups is 2. The maximum Gasteiger partial charge on any atom is 0.326 e. The SMILES string of the molecule is Cc1cnn(-c2ccc(C(=O)NC(CC(C)C)C(=O)O)cc2)c1. The molecule has 1 heterocycles. The van der Waals surface area contributed by atoms with Crippen LogP contribution in [0.5, 0.6) is 0 Å². The van der Waals surface area contributed by atoms with Crippen LogP contribution in [0.25, 0.3) is 5.69 Å². The fourth-order valence-electron chi connectivity index (χ4n) is 2.25. The maximum atomic E-state index is 12.2. The van der Waals surface area contributed by atoms with Crippen LogP contribution in [0.4, 0.5) is 0 Å². The number of hydrogen-bond donors (Lipinski definition) is 2. The Balaban J connectivity index is 2.09. The van der Waals surface area contributed by atoms with Gasteiger partial charge in [-0.25, -0.2) is 9.48 Å². The van der Waals surface area contributed by atoms with E-state index in [0.29, 0.717) is 12.0 Å². The Morgan fingerprint density at radius 1 is 1.26 bits per heavy atom. The van der Waals surface area contributed by atoms with Crippen molar-refractivity contribution in [2.75, 3.05) is 0 Å². The van der Waals surface area contributed by atoms with Gasteiger partial charge < -0.3 is 10.4 Å². The van der Waals surface area contributed by atoms with Gasteiger partial charge in [-0.2, -0.15) is 5.10 Å². The Hall–Kier alpha value is -2.63. The van der Waals surface area contributed by atoms with E-state index in [2.05, 4.69) is 10.4 Å². The number of aryl methyl sites for hydroxylation is 1. The van der Waals surface area contributed by atoms with Gasteiger partial charge in [-0.05, 0) is 49.1 Å². The molecule has 0 saturated heterocycles. The zero-order chi connectivity index (χ0) is 17.0. The van der Waals surface area contributed by atoms with Crippen molar-refractivity contribution in [2.45, 2.75) is 33.2 Å². The third-order valence-corrected chi connectivity index (χ3v) is 3.42. The van der Waals surface area contributed by atoms with Gasteiger partial charge >= 0.3 is 5.97 Å². The molecular formula is C17H21N3O3. The second kappa shape index (κ2) is 7.09. The van der Waals surface area contributed by atoms with E-state index in [9.17, 15) is 14.7 Å². The molecule has 1 amide bonds. The number of nitrogens with zero attached hydrogens (tertiary/aromatic N) is 2. The van der Waals surface area contributed by atoms with E-state index in [-0.39, 0.29) is 11.8 Å². The molecule has 0 radical (unpaired) electrons. The summed E-state index contributed by atoms with van der Waals surface area (Å²) >= 11 is 0. The number of aliphatic carboxylic acids is 1. The summed E-state index contributed by atoms with van der Waals surface area (Å²) in [6.07, 6.45) is 4.04. The molecule has 0 aliphatic carbocycles. The Bertz CT molecular complexity index is 689. The second-order valence-corrected chi connectivity index (χ2v) is 6.00. The minimum absolute atomic E-state index is 0.182. The first kappa shape index (κ1) is 16.7. The molecule has 1 aromatic carbocycles. The van der Waals surface area contributed by atoms with Crippen LogP contribution in [0.15, 0.2) is 36.7 Å². The summed E-state index contributed by atoms with van der Waals surface area (Å²) in [4.78, 5) is 23.4. The lowest BCUT2D eigenvalue weighted by molar-refractivity contribution is -0.139. The number of carboxylic acids is 1. The number of nitrogens with one attached hydrogen (secondary N) is 1. The molecule has 0 aliphatic heterocycles. The van der Waals surface area contributed by atoms with Crippen molar-refractivity contribution in [1.82, 2.24) is 15.1 Å². The highest BCUT2D eigenvalue weighted by atomic mass is 16.4. The summed E-state index contributed by atoms with van der Waals surface area (Å²) < 4.78 is 1.72. The molecule has 2 rings (SSSR count). The van der Waals surface area contributed by atoms with Gasteiger partial charge in [0.05, 0.1) is 11.9 Å². The van der Waals surface area contributed by atoms with E-state index < -0.39 is 12.0 Å². The van der Waals surface area contributed by atoms with Crippen molar-refractivity contribution in [3.63, 3.8) is 0 Å². The van der Waals surface area contributed by atoms with Gasteiger partial charge in [-0.1, -0.05) is 13.8 Å². The quantitative estimate of drug-likeness (QED) is 0.857. The molecule has 6 heteroatoms. The predicted octanol–water partition coefficient (Wildman–Crippen LogP) is 2.41. The molecule has 0 saturated carbocycles. The Morgan fingerprint density at radius 2 is 1.91 bits per heavy atom. The van der Waals surface area contributed by atoms with Gasteiger partial charge in [-0.15, -0.1) is 0 Å². The maximum absolute atomic E-state index is 12.2. The molecule has 23 heavy (non-hydrogen) atoms. The van der Waals surface area contributed by atoms with E-state index in [4.69, 9.17) is 0 Å². The van der Waals surface area contributed by atoms with E-state index >= 15 is 0 Å². The van der Waals surface area contributed by atoms with E-state index in [1.54, 1.807) is 35.1 Å². The lowest BCUT2D eigenvalue weighted by atomic mass is 10.0. The van der Waals surface area contributed by atoms with Crippen LogP contribution < -0.4 is 5.32 Å². The van der Waals surface area contributed by atoms with Gasteiger partial charge in [0.1, 0.15) is 6.04 Å². The largest absolute Gasteiger partial charge is 0.480 e. The normalized spacial score (nSPS) is 12.2. The van der Waals surface area contributed by atoms with Crippen LogP contribution in [-0.4, -0.2) is 32.8 Å². The van der Waals surface area contributed by atoms with Crippen LogP contribution in [0, 0.1) is 12.8 Å². The summed E-state index contributed by atoms with van der Waals surface area (Å²) in [5.74, 6) is -1.22. The van der Waals surface area contributed by atoms with Gasteiger partial charge in [-0.3, -0.25) is 4.79 Å². The van der Waals surface area contributed by atoms with Gasteiger partial charge in [0.2, 0.25) is 0 Å². The van der Waals surface area contributed by atoms with Crippen molar-refractivity contribution >= 4 is 11.9 Å². The van der Waals surface area contributed by atoms with Crippen LogP contribution in [-0.2, 0) is 4.79 Å². The highest BCUT2D eigenvalue weighted by Gasteiger charge is 2.21. The molecular weight excluding hydrogens is 294 g/mol. The van der Waals surface area contributed by atoms with E-state index in [0.717, 1.165) is 11.3 Å². The molecule has 0 spiro atoms. The number of amides is 1. The van der Waals surface area contributed by atoms with Gasteiger partial charge in [0.25, 0.3) is 5.91 Å². The number of benzene rings is 1. The Morgan fingerprint density at radius 3 is 2.39 bits per heavy atom. The molecule has 122 valence electrons. The molecule has 6 nitrogen and oxygen atoms in total. The molecule has 2 aromatic rings. The number of carboxylic acid groups (broad SMARTS) is 1. The predicted molar refractivity (Wildman–Crippen MR) is 86.6 cm³/mol. The molecule has 1 atom stereocenters. The first-order valence-electron chi connectivity index (χ1n) is 7.52. The Labute approximate surface area is 135 Å². The lowest BCUT2D eigenvalue weighted by Crippen LogP contribution is -2.41. The van der Waals surface area contributed by atoms with Crippen LogP contribution in [0.3, 0.4) is 0 Å². The van der Waals surface area contributed by atoms with Crippen molar-refractivity contribution < 1.29 is 14.7 Å². The van der Waals surface area contributed by atoms with E-state index in [1.165, 1.54) is 0 Å². The van der Waals surface area contributed by atoms with Gasteiger partial charge in [0, 0.05) is 11.8 Å². The van der Waals surface area contributed by atoms with E-state index in [1.807, 2.05) is 27.0 Å². The van der Waals surface area contributed by atoms with Crippen LogP contribution >= 0.6 is 0 Å². The topological polar surface area (TPSA) is 84.2 Å². The zero-order valence-electron chi connectivity index (χ0n) is 13.5. The summed E-state index contributed by atoms with van der Waals surface area (Å²) in [5.41, 5.74) is 2.31. The zero-order valence-corrected chi connectivity index (χ0v) is 13.5. The first-order valence-corrected chi connectivity index (χ1v) is 7.52. The third-order valence-electron chi connectivity index (χ3n) is 3.42. The van der Waals surface area contributed by atoms with Gasteiger partial charge in [0.15, 0.2) is 0 Å². The fourth-order valence-corrected chi connectivity index (χ4v) is 2.25. The molecule has 0 bridgehead atoms. The lowest BCUT2D eigenvalue weighted by Gasteiger charge is -2.16. The second-order valence-electron chi connectivity index (χ2n) is 6.00. The number of carbonyl (C=O) groups excluding carboxylic acids is 1. The summed E-state index contributed by atoms with van der Waals surface area (Å²) in [7, 11) is 0. The average Bonchev–Trinajstić information content (AvgIpc) is 2.92. The fraction of sp³-hybridized carbons (Fsp3) is 0.353. The summed E-state index contributed by atoms with van der Waals surface area (Å²) in [5, 5.41) is 16.0. The highest BCUT2D eigenvalue weighted by Crippen LogP contribution is 2.11. The van der Waals surface area contributed by atoms with Crippen LogP contribution in [0.2, 0.25) is 0 Å². The molecule has 2 N–H and O–H groups in total. The third kappa shape index (κ3) is 4.42. The monoisotopic (exact) mass is 315 g/mol. The molecule has 0 aliphatic rings.